The van der Waals surface area contributed by atoms with Crippen LogP contribution in [0.1, 0.15) is 25.7 Å². The van der Waals surface area contributed by atoms with Gasteiger partial charge in [0.15, 0.2) is 0 Å². The van der Waals surface area contributed by atoms with E-state index in [1.54, 1.807) is 18.3 Å². The van der Waals surface area contributed by atoms with E-state index in [-0.39, 0.29) is 17.9 Å². The minimum Gasteiger partial charge on any atom is -0.473 e. The van der Waals surface area contributed by atoms with Crippen LogP contribution >= 0.6 is 0 Å². The maximum atomic E-state index is 13.0. The summed E-state index contributed by atoms with van der Waals surface area (Å²) in [6.45, 7) is 6.79. The number of nitrogens with zero attached hydrogens (tertiary/aromatic N) is 3. The number of nitrogens with one attached hydrogen (secondary N) is 3. The molecule has 2 amide bonds. The molecule has 1 aromatic rings. The van der Waals surface area contributed by atoms with E-state index < -0.39 is 32.8 Å². The number of morpholine rings is 1. The van der Waals surface area contributed by atoms with E-state index in [0.717, 1.165) is 0 Å². The lowest BCUT2D eigenvalue weighted by molar-refractivity contribution is -0.130. The van der Waals surface area contributed by atoms with Crippen LogP contribution in [-0.2, 0) is 24.3 Å². The molecule has 2 aliphatic heterocycles. The third-order valence-electron chi connectivity index (χ3n) is 6.85. The summed E-state index contributed by atoms with van der Waals surface area (Å²) in [6, 6.07) is 1.09. The first-order valence-corrected chi connectivity index (χ1v) is 13.4. The van der Waals surface area contributed by atoms with Gasteiger partial charge in [-0.15, -0.1) is 6.58 Å². The molecule has 190 valence electrons. The van der Waals surface area contributed by atoms with Crippen molar-refractivity contribution in [3.63, 3.8) is 0 Å². The Labute approximate surface area is 203 Å². The second-order valence-corrected chi connectivity index (χ2v) is 11.4. The zero-order valence-electron chi connectivity index (χ0n) is 19.3. The number of amides is 2. The van der Waals surface area contributed by atoms with Crippen LogP contribution in [0.4, 0.5) is 5.95 Å². The predicted molar refractivity (Wildman–Crippen MR) is 125 cm³/mol. The Morgan fingerprint density at radius 1 is 1.31 bits per heavy atom. The molecular formula is C22H30N6O6S. The molecule has 12 nitrogen and oxygen atoms in total. The van der Waals surface area contributed by atoms with Crippen LogP contribution in [0.15, 0.2) is 24.9 Å². The SMILES string of the molecule is C=CC1CC1(NC(=O)C1CC(Oc2ccnc(N3CCOCC3)n2)CN1)C(=O)NS(=O)(=O)C1CC1. The van der Waals surface area contributed by atoms with Crippen LogP contribution in [0.3, 0.4) is 0 Å². The minimum absolute atomic E-state index is 0.299. The standard InChI is InChI=1S/C22H30N6O6S/c1-2-14-12-22(14,20(30)27-35(31,32)16-3-4-16)26-19(29)17-11-15(13-24-17)34-18-5-6-23-21(25-18)28-7-9-33-10-8-28/h2,5-6,14-17,24H,1,3-4,7-13H2,(H,26,29)(H,27,30). The molecule has 0 aromatic carbocycles. The van der Waals surface area contributed by atoms with Crippen molar-refractivity contribution in [2.24, 2.45) is 5.92 Å². The van der Waals surface area contributed by atoms with Crippen molar-refractivity contribution in [2.45, 2.75) is 48.6 Å². The maximum Gasteiger partial charge on any atom is 0.259 e. The first-order chi connectivity index (χ1) is 16.8. The smallest absolute Gasteiger partial charge is 0.259 e. The van der Waals surface area contributed by atoms with Gasteiger partial charge in [-0.25, -0.2) is 13.4 Å². The first-order valence-electron chi connectivity index (χ1n) is 11.9. The van der Waals surface area contributed by atoms with E-state index in [0.29, 0.717) is 70.4 Å². The number of aromatic nitrogens is 2. The zero-order valence-corrected chi connectivity index (χ0v) is 20.1. The van der Waals surface area contributed by atoms with Crippen molar-refractivity contribution in [3.05, 3.63) is 24.9 Å². The molecule has 2 saturated carbocycles. The van der Waals surface area contributed by atoms with Gasteiger partial charge in [-0.05, 0) is 19.3 Å². The Morgan fingerprint density at radius 2 is 2.09 bits per heavy atom. The number of carbonyl (C=O) groups is 2. The molecule has 0 spiro atoms. The molecule has 2 aliphatic carbocycles. The Balaban J connectivity index is 1.17. The summed E-state index contributed by atoms with van der Waals surface area (Å²) >= 11 is 0. The molecule has 4 atom stereocenters. The molecule has 3 heterocycles. The minimum atomic E-state index is -3.71. The highest BCUT2D eigenvalue weighted by Gasteiger charge is 2.61. The van der Waals surface area contributed by atoms with Crippen LogP contribution in [0, 0.1) is 5.92 Å². The first kappa shape index (κ1) is 23.9. The normalized spacial score (nSPS) is 30.4. The van der Waals surface area contributed by atoms with Gasteiger partial charge >= 0.3 is 0 Å². The van der Waals surface area contributed by atoms with E-state index in [9.17, 15) is 18.0 Å². The third kappa shape index (κ3) is 5.11. The highest BCUT2D eigenvalue weighted by Crippen LogP contribution is 2.45. The Hall–Kier alpha value is -2.77. The molecule has 2 saturated heterocycles. The molecule has 4 unspecified atom stereocenters. The van der Waals surface area contributed by atoms with E-state index >= 15 is 0 Å². The maximum absolute atomic E-state index is 13.0. The second kappa shape index (κ2) is 9.36. The molecule has 0 bridgehead atoms. The van der Waals surface area contributed by atoms with Crippen molar-refractivity contribution in [1.29, 1.82) is 0 Å². The monoisotopic (exact) mass is 506 g/mol. The van der Waals surface area contributed by atoms with Crippen molar-refractivity contribution >= 4 is 27.8 Å². The van der Waals surface area contributed by atoms with Crippen molar-refractivity contribution in [3.8, 4) is 5.88 Å². The quantitative estimate of drug-likeness (QED) is 0.359. The van der Waals surface area contributed by atoms with Gasteiger partial charge < -0.3 is 25.0 Å². The van der Waals surface area contributed by atoms with Crippen LogP contribution in [0.2, 0.25) is 0 Å². The molecule has 4 fully saturated rings. The predicted octanol–water partition coefficient (Wildman–Crippen LogP) is -0.908. The highest BCUT2D eigenvalue weighted by molar-refractivity contribution is 7.91. The lowest BCUT2D eigenvalue weighted by Gasteiger charge is -2.26. The summed E-state index contributed by atoms with van der Waals surface area (Å²) in [5.74, 6) is -0.413. The number of ether oxygens (including phenoxy) is 2. The fourth-order valence-electron chi connectivity index (χ4n) is 4.50. The Morgan fingerprint density at radius 3 is 2.77 bits per heavy atom. The van der Waals surface area contributed by atoms with E-state index in [4.69, 9.17) is 9.47 Å². The van der Waals surface area contributed by atoms with Crippen LogP contribution in [0.5, 0.6) is 5.88 Å². The summed E-state index contributed by atoms with van der Waals surface area (Å²) < 4.78 is 38.0. The lowest BCUT2D eigenvalue weighted by atomic mass is 10.1. The molecule has 4 aliphatic rings. The average molecular weight is 507 g/mol. The van der Waals surface area contributed by atoms with Gasteiger partial charge in [0.1, 0.15) is 11.6 Å². The molecule has 3 N–H and O–H groups in total. The van der Waals surface area contributed by atoms with Gasteiger partial charge in [0.05, 0.1) is 24.5 Å². The van der Waals surface area contributed by atoms with Crippen LogP contribution in [0.25, 0.3) is 0 Å². The summed E-state index contributed by atoms with van der Waals surface area (Å²) in [5.41, 5.74) is -1.29. The molecular weight excluding hydrogens is 476 g/mol. The lowest BCUT2D eigenvalue weighted by Crippen LogP contribution is -2.55. The average Bonchev–Trinajstić information content (AvgIpc) is 3.77. The molecule has 1 aromatic heterocycles. The van der Waals surface area contributed by atoms with Gasteiger partial charge in [-0.3, -0.25) is 14.3 Å². The fraction of sp³-hybridized carbons (Fsp3) is 0.636. The van der Waals surface area contributed by atoms with E-state index in [2.05, 4.69) is 31.9 Å². The molecule has 0 radical (unpaired) electrons. The largest absolute Gasteiger partial charge is 0.473 e. The molecule has 5 rings (SSSR count). The van der Waals surface area contributed by atoms with E-state index in [1.807, 2.05) is 4.90 Å². The zero-order chi connectivity index (χ0) is 24.6. The van der Waals surface area contributed by atoms with Gasteiger partial charge in [0, 0.05) is 44.2 Å². The number of sulfonamides is 1. The van der Waals surface area contributed by atoms with Crippen LogP contribution < -0.4 is 25.0 Å². The van der Waals surface area contributed by atoms with Gasteiger partial charge in [-0.2, -0.15) is 4.98 Å². The fourth-order valence-corrected chi connectivity index (χ4v) is 5.86. The number of hydrogen-bond donors (Lipinski definition) is 3. The van der Waals surface area contributed by atoms with Crippen LogP contribution in [-0.4, -0.2) is 86.0 Å². The second-order valence-electron chi connectivity index (χ2n) is 9.41. The van der Waals surface area contributed by atoms with Gasteiger partial charge in [-0.1, -0.05) is 6.08 Å². The number of rotatable bonds is 9. The summed E-state index contributed by atoms with van der Waals surface area (Å²) in [4.78, 5) is 36.7. The van der Waals surface area contributed by atoms with E-state index in [1.165, 1.54) is 0 Å². The Kier molecular flexibility index (Phi) is 6.40. The van der Waals surface area contributed by atoms with Crippen molar-refractivity contribution < 1.29 is 27.5 Å². The topological polar surface area (TPSA) is 152 Å². The summed E-state index contributed by atoms with van der Waals surface area (Å²) in [5, 5.41) is 5.37. The third-order valence-corrected chi connectivity index (χ3v) is 8.67. The highest BCUT2D eigenvalue weighted by atomic mass is 32.2. The molecule has 13 heteroatoms. The molecule has 35 heavy (non-hydrogen) atoms. The van der Waals surface area contributed by atoms with Gasteiger partial charge in [0.25, 0.3) is 5.91 Å². The number of anilines is 1. The van der Waals surface area contributed by atoms with Gasteiger partial charge in [0.2, 0.25) is 27.8 Å². The number of carbonyl (C=O) groups excluding carboxylic acids is 2. The number of hydrogen-bond acceptors (Lipinski definition) is 10. The Bertz CT molecular complexity index is 1110. The summed E-state index contributed by atoms with van der Waals surface area (Å²) in [6.07, 6.45) is 4.68. The summed E-state index contributed by atoms with van der Waals surface area (Å²) in [7, 11) is -3.71. The van der Waals surface area contributed by atoms with Crippen molar-refractivity contribution in [1.82, 2.24) is 25.3 Å². The van der Waals surface area contributed by atoms with Crippen molar-refractivity contribution in [2.75, 3.05) is 37.7 Å².